The maximum absolute atomic E-state index is 13.1. The van der Waals surface area contributed by atoms with E-state index in [4.69, 9.17) is 28.5 Å². The van der Waals surface area contributed by atoms with E-state index in [0.717, 1.165) is 6.07 Å². The zero-order chi connectivity index (χ0) is 10.7. The van der Waals surface area contributed by atoms with Crippen LogP contribution in [0, 0.1) is 17.1 Å². The van der Waals surface area contributed by atoms with Gasteiger partial charge in [0.2, 0.25) is 0 Å². The molecule has 0 amide bonds. The van der Waals surface area contributed by atoms with Crippen molar-refractivity contribution in [3.63, 3.8) is 0 Å². The molecular formula is C9H4Cl2FNO. The lowest BCUT2D eigenvalue weighted by molar-refractivity contribution is 0.0994. The van der Waals surface area contributed by atoms with Gasteiger partial charge in [0.15, 0.2) is 5.78 Å². The van der Waals surface area contributed by atoms with Crippen molar-refractivity contribution < 1.29 is 9.18 Å². The number of rotatable bonds is 2. The van der Waals surface area contributed by atoms with Crippen LogP contribution in [0.3, 0.4) is 0 Å². The molecule has 0 saturated heterocycles. The monoisotopic (exact) mass is 231 g/mol. The van der Waals surface area contributed by atoms with Crippen molar-refractivity contribution in [1.29, 1.82) is 5.26 Å². The molecule has 0 aliphatic heterocycles. The molecule has 0 unspecified atom stereocenters. The van der Waals surface area contributed by atoms with Crippen LogP contribution in [0.25, 0.3) is 0 Å². The molecule has 1 aromatic rings. The molecule has 0 aliphatic rings. The third-order valence-corrected chi connectivity index (χ3v) is 2.37. The Morgan fingerprint density at radius 1 is 1.50 bits per heavy atom. The van der Waals surface area contributed by atoms with Gasteiger partial charge in [-0.25, -0.2) is 4.39 Å². The summed E-state index contributed by atoms with van der Waals surface area (Å²) in [6.45, 7) is 0. The lowest BCUT2D eigenvalue weighted by Gasteiger charge is -2.03. The Labute approximate surface area is 89.9 Å². The normalized spacial score (nSPS) is 9.57. The molecule has 5 heteroatoms. The van der Waals surface area contributed by atoms with Gasteiger partial charge in [-0.1, -0.05) is 23.2 Å². The molecule has 0 spiro atoms. The zero-order valence-corrected chi connectivity index (χ0v) is 8.36. The third-order valence-electron chi connectivity index (χ3n) is 1.56. The summed E-state index contributed by atoms with van der Waals surface area (Å²) < 4.78 is 13.1. The lowest BCUT2D eigenvalue weighted by atomic mass is 10.1. The minimum atomic E-state index is -0.764. The number of halogens is 3. The highest BCUT2D eigenvalue weighted by molar-refractivity contribution is 6.44. The third kappa shape index (κ3) is 2.03. The van der Waals surface area contributed by atoms with Gasteiger partial charge in [-0.15, -0.1) is 0 Å². The van der Waals surface area contributed by atoms with Crippen LogP contribution >= 0.6 is 23.2 Å². The topological polar surface area (TPSA) is 40.9 Å². The molecule has 0 atom stereocenters. The largest absolute Gasteiger partial charge is 0.293 e. The van der Waals surface area contributed by atoms with Crippen molar-refractivity contribution in [1.82, 2.24) is 0 Å². The van der Waals surface area contributed by atoms with Crippen LogP contribution in [0.2, 0.25) is 10.0 Å². The average molecular weight is 232 g/mol. The van der Waals surface area contributed by atoms with E-state index in [0.29, 0.717) is 0 Å². The summed E-state index contributed by atoms with van der Waals surface area (Å²) >= 11 is 11.2. The second-order valence-corrected chi connectivity index (χ2v) is 3.26. The van der Waals surface area contributed by atoms with Gasteiger partial charge in [0.05, 0.1) is 28.1 Å². The van der Waals surface area contributed by atoms with Gasteiger partial charge < -0.3 is 0 Å². The fraction of sp³-hybridized carbons (Fsp3) is 0.111. The number of carbonyl (C=O) groups excluding carboxylic acids is 1. The Morgan fingerprint density at radius 3 is 2.71 bits per heavy atom. The first-order valence-electron chi connectivity index (χ1n) is 3.61. The number of carbonyl (C=O) groups is 1. The fourth-order valence-corrected chi connectivity index (χ4v) is 1.36. The smallest absolute Gasteiger partial charge is 0.181 e. The van der Waals surface area contributed by atoms with Crippen LogP contribution in [0.4, 0.5) is 4.39 Å². The van der Waals surface area contributed by atoms with E-state index in [1.165, 1.54) is 6.07 Å². The van der Waals surface area contributed by atoms with Gasteiger partial charge in [-0.3, -0.25) is 4.79 Å². The minimum Gasteiger partial charge on any atom is -0.293 e. The van der Waals surface area contributed by atoms with Crippen molar-refractivity contribution in [3.05, 3.63) is 33.6 Å². The Kier molecular flexibility index (Phi) is 3.45. The molecule has 0 saturated carbocycles. The molecule has 14 heavy (non-hydrogen) atoms. The van der Waals surface area contributed by atoms with E-state index in [9.17, 15) is 9.18 Å². The first kappa shape index (κ1) is 11.0. The van der Waals surface area contributed by atoms with Gasteiger partial charge in [0, 0.05) is 0 Å². The number of ketones is 1. The van der Waals surface area contributed by atoms with Crippen molar-refractivity contribution in [3.8, 4) is 6.07 Å². The Hall–Kier alpha value is -1.11. The molecule has 0 fully saturated rings. The number of nitriles is 1. The highest BCUT2D eigenvalue weighted by Crippen LogP contribution is 2.28. The molecule has 0 heterocycles. The summed E-state index contributed by atoms with van der Waals surface area (Å²) in [5.41, 5.74) is -0.319. The van der Waals surface area contributed by atoms with Gasteiger partial charge in [-0.2, -0.15) is 5.26 Å². The van der Waals surface area contributed by atoms with Gasteiger partial charge in [-0.05, 0) is 12.1 Å². The summed E-state index contributed by atoms with van der Waals surface area (Å²) in [6, 6.07) is 3.91. The maximum atomic E-state index is 13.1. The maximum Gasteiger partial charge on any atom is 0.181 e. The van der Waals surface area contributed by atoms with E-state index in [-0.39, 0.29) is 15.6 Å². The molecular weight excluding hydrogens is 228 g/mol. The molecule has 2 nitrogen and oxygen atoms in total. The molecule has 0 aromatic heterocycles. The van der Waals surface area contributed by atoms with Crippen LogP contribution in [-0.4, -0.2) is 5.78 Å². The van der Waals surface area contributed by atoms with E-state index in [1.807, 2.05) is 0 Å². The van der Waals surface area contributed by atoms with Crippen molar-refractivity contribution in [2.24, 2.45) is 0 Å². The number of Topliss-reactive ketones (excluding diaryl/α,β-unsaturated/α-hetero) is 1. The van der Waals surface area contributed by atoms with E-state index in [1.54, 1.807) is 6.07 Å². The van der Waals surface area contributed by atoms with E-state index in [2.05, 4.69) is 0 Å². The van der Waals surface area contributed by atoms with Crippen LogP contribution in [-0.2, 0) is 0 Å². The predicted octanol–water partition coefficient (Wildman–Crippen LogP) is 3.23. The molecule has 0 radical (unpaired) electrons. The van der Waals surface area contributed by atoms with Crippen LogP contribution in [0.1, 0.15) is 16.8 Å². The van der Waals surface area contributed by atoms with Gasteiger partial charge in [0.1, 0.15) is 5.82 Å². The van der Waals surface area contributed by atoms with Crippen molar-refractivity contribution in [2.75, 3.05) is 0 Å². The van der Waals surface area contributed by atoms with Gasteiger partial charge in [0.25, 0.3) is 0 Å². The molecule has 1 aromatic carbocycles. The SMILES string of the molecule is N#CCC(=O)c1c(F)ccc(Cl)c1Cl. The lowest BCUT2D eigenvalue weighted by Crippen LogP contribution is -2.02. The summed E-state index contributed by atoms with van der Waals surface area (Å²) in [4.78, 5) is 11.2. The summed E-state index contributed by atoms with van der Waals surface area (Å²) in [5.74, 6) is -1.43. The first-order valence-corrected chi connectivity index (χ1v) is 4.37. The fourth-order valence-electron chi connectivity index (χ4n) is 0.943. The van der Waals surface area contributed by atoms with Crippen LogP contribution in [0.5, 0.6) is 0 Å². The van der Waals surface area contributed by atoms with E-state index < -0.39 is 18.0 Å². The quantitative estimate of drug-likeness (QED) is 0.580. The van der Waals surface area contributed by atoms with Crippen LogP contribution < -0.4 is 0 Å². The average Bonchev–Trinajstić information content (AvgIpc) is 2.13. The Morgan fingerprint density at radius 2 is 2.14 bits per heavy atom. The summed E-state index contributed by atoms with van der Waals surface area (Å²) in [6.07, 6.45) is -0.420. The zero-order valence-electron chi connectivity index (χ0n) is 6.85. The number of nitrogens with zero attached hydrogens (tertiary/aromatic N) is 1. The second kappa shape index (κ2) is 4.41. The highest BCUT2D eigenvalue weighted by Gasteiger charge is 2.17. The number of hydrogen-bond donors (Lipinski definition) is 0. The first-order chi connectivity index (χ1) is 6.57. The van der Waals surface area contributed by atoms with Gasteiger partial charge >= 0.3 is 0 Å². The van der Waals surface area contributed by atoms with Crippen molar-refractivity contribution >= 4 is 29.0 Å². The number of hydrogen-bond acceptors (Lipinski definition) is 2. The predicted molar refractivity (Wildman–Crippen MR) is 51.0 cm³/mol. The summed E-state index contributed by atoms with van der Waals surface area (Å²) in [7, 11) is 0. The van der Waals surface area contributed by atoms with Crippen molar-refractivity contribution in [2.45, 2.75) is 6.42 Å². The molecule has 0 aliphatic carbocycles. The Balaban J connectivity index is 3.27. The molecule has 1 rings (SSSR count). The minimum absolute atomic E-state index is 0.0920. The standard InChI is InChI=1S/C9H4Cl2FNO/c10-5-1-2-6(12)8(9(5)11)7(14)3-4-13/h1-2H,3H2. The summed E-state index contributed by atoms with van der Waals surface area (Å²) in [5, 5.41) is 8.23. The second-order valence-electron chi connectivity index (χ2n) is 2.48. The molecule has 0 N–H and O–H groups in total. The molecule has 0 bridgehead atoms. The highest BCUT2D eigenvalue weighted by atomic mass is 35.5. The van der Waals surface area contributed by atoms with Crippen LogP contribution in [0.15, 0.2) is 12.1 Å². The molecule has 72 valence electrons. The number of benzene rings is 1. The van der Waals surface area contributed by atoms with E-state index >= 15 is 0 Å². The Bertz CT molecular complexity index is 426.